The Morgan fingerprint density at radius 3 is 3.00 bits per heavy atom. The molecule has 5 heteroatoms. The molecule has 1 rings (SSSR count). The number of rotatable bonds is 2. The minimum Gasteiger partial charge on any atom is -0.354 e. The summed E-state index contributed by atoms with van der Waals surface area (Å²) in [5, 5.41) is 2.47. The van der Waals surface area contributed by atoms with Crippen LogP contribution in [0.25, 0.3) is 0 Å². The number of hydrogen-bond acceptors (Lipinski definition) is 3. The second-order valence-corrected chi connectivity index (χ2v) is 2.26. The van der Waals surface area contributed by atoms with Crippen molar-refractivity contribution in [1.82, 2.24) is 14.9 Å². The van der Waals surface area contributed by atoms with Gasteiger partial charge in [-0.05, 0) is 6.72 Å². The minimum absolute atomic E-state index is 0.252. The van der Waals surface area contributed by atoms with Crippen LogP contribution >= 0.6 is 0 Å². The summed E-state index contributed by atoms with van der Waals surface area (Å²) in [7, 11) is 3.30. The number of carbonyl (C=O) groups is 1. The molecule has 0 atom stereocenters. The standard InChI is InChI=1S/C7H10N4O/c1-8-6-5(7(12)9-2)10-4-11(6)3/h4H,1H2,2-3H3,(H,9,12). The first kappa shape index (κ1) is 8.45. The summed E-state index contributed by atoms with van der Waals surface area (Å²) >= 11 is 0. The van der Waals surface area contributed by atoms with E-state index in [0.717, 1.165) is 0 Å². The Morgan fingerprint density at radius 2 is 2.50 bits per heavy atom. The summed E-state index contributed by atoms with van der Waals surface area (Å²) in [5.41, 5.74) is 0.301. The lowest BCUT2D eigenvalue weighted by atomic mass is 10.4. The van der Waals surface area contributed by atoms with Crippen LogP contribution in [-0.2, 0) is 7.05 Å². The van der Waals surface area contributed by atoms with Crippen LogP contribution < -0.4 is 5.32 Å². The summed E-state index contributed by atoms with van der Waals surface area (Å²) < 4.78 is 1.64. The molecular weight excluding hydrogens is 156 g/mol. The number of hydrogen-bond donors (Lipinski definition) is 1. The first-order valence-electron chi connectivity index (χ1n) is 3.40. The number of imidazole rings is 1. The number of aryl methyl sites for hydroxylation is 1. The first-order chi connectivity index (χ1) is 5.70. The van der Waals surface area contributed by atoms with Gasteiger partial charge in [-0.25, -0.2) is 9.98 Å². The number of aromatic nitrogens is 2. The van der Waals surface area contributed by atoms with Gasteiger partial charge in [-0.2, -0.15) is 0 Å². The van der Waals surface area contributed by atoms with Crippen molar-refractivity contribution < 1.29 is 4.79 Å². The van der Waals surface area contributed by atoms with Crippen LogP contribution in [0.15, 0.2) is 11.3 Å². The van der Waals surface area contributed by atoms with Crippen LogP contribution in [0, 0.1) is 0 Å². The van der Waals surface area contributed by atoms with Gasteiger partial charge < -0.3 is 9.88 Å². The smallest absolute Gasteiger partial charge is 0.273 e. The number of nitrogens with one attached hydrogen (secondary N) is 1. The highest BCUT2D eigenvalue weighted by molar-refractivity contribution is 5.96. The molecule has 1 amide bonds. The molecule has 0 unspecified atom stereocenters. The molecule has 64 valence electrons. The van der Waals surface area contributed by atoms with Gasteiger partial charge in [-0.3, -0.25) is 4.79 Å². The van der Waals surface area contributed by atoms with Crippen molar-refractivity contribution in [3.05, 3.63) is 12.0 Å². The maximum absolute atomic E-state index is 11.1. The lowest BCUT2D eigenvalue weighted by molar-refractivity contribution is 0.0959. The first-order valence-corrected chi connectivity index (χ1v) is 3.40. The Kier molecular flexibility index (Phi) is 2.23. The monoisotopic (exact) mass is 166 g/mol. The third-order valence-electron chi connectivity index (χ3n) is 1.50. The Bertz CT molecular complexity index is 315. The lowest BCUT2D eigenvalue weighted by Gasteiger charge is -1.97. The number of aliphatic imine (C=N–C) groups is 1. The van der Waals surface area contributed by atoms with Crippen molar-refractivity contribution in [3.63, 3.8) is 0 Å². The third kappa shape index (κ3) is 1.20. The lowest BCUT2D eigenvalue weighted by Crippen LogP contribution is -2.18. The number of amides is 1. The van der Waals surface area contributed by atoms with Crippen molar-refractivity contribution in [3.8, 4) is 0 Å². The van der Waals surface area contributed by atoms with E-state index in [4.69, 9.17) is 0 Å². The van der Waals surface area contributed by atoms with Crippen LogP contribution in [0.5, 0.6) is 0 Å². The minimum atomic E-state index is -0.252. The molecule has 0 radical (unpaired) electrons. The van der Waals surface area contributed by atoms with E-state index in [1.165, 1.54) is 6.33 Å². The second kappa shape index (κ2) is 3.17. The maximum atomic E-state index is 11.1. The predicted molar refractivity (Wildman–Crippen MR) is 45.8 cm³/mol. The summed E-state index contributed by atoms with van der Waals surface area (Å²) in [6.45, 7) is 3.35. The van der Waals surface area contributed by atoms with Gasteiger partial charge in [0.15, 0.2) is 11.5 Å². The molecule has 0 aliphatic carbocycles. The Labute approximate surface area is 70.1 Å². The summed E-state index contributed by atoms with van der Waals surface area (Å²) in [6.07, 6.45) is 1.52. The Hall–Kier alpha value is -1.65. The maximum Gasteiger partial charge on any atom is 0.273 e. The number of carbonyl (C=O) groups excluding carboxylic acids is 1. The fraction of sp³-hybridized carbons (Fsp3) is 0.286. The van der Waals surface area contributed by atoms with E-state index in [2.05, 4.69) is 22.0 Å². The SMILES string of the molecule is C=Nc1c(C(=O)NC)ncn1C. The van der Waals surface area contributed by atoms with Gasteiger partial charge in [0, 0.05) is 14.1 Å². The summed E-state index contributed by atoms with van der Waals surface area (Å²) in [6, 6.07) is 0. The van der Waals surface area contributed by atoms with Crippen molar-refractivity contribution in [2.45, 2.75) is 0 Å². The van der Waals surface area contributed by atoms with E-state index in [0.29, 0.717) is 11.5 Å². The molecule has 1 aromatic heterocycles. The zero-order valence-corrected chi connectivity index (χ0v) is 7.03. The molecule has 12 heavy (non-hydrogen) atoms. The molecule has 0 bridgehead atoms. The van der Waals surface area contributed by atoms with Gasteiger partial charge in [0.05, 0.1) is 6.33 Å². The molecule has 5 nitrogen and oxygen atoms in total. The fourth-order valence-corrected chi connectivity index (χ4v) is 0.889. The average Bonchev–Trinajstić information content (AvgIpc) is 2.45. The largest absolute Gasteiger partial charge is 0.354 e. The Balaban J connectivity index is 3.15. The zero-order valence-electron chi connectivity index (χ0n) is 7.03. The van der Waals surface area contributed by atoms with Crippen LogP contribution in [0.2, 0.25) is 0 Å². The van der Waals surface area contributed by atoms with Crippen molar-refractivity contribution in [1.29, 1.82) is 0 Å². The van der Waals surface area contributed by atoms with E-state index in [-0.39, 0.29) is 5.91 Å². The predicted octanol–water partition coefficient (Wildman–Crippen LogP) is 0.112. The van der Waals surface area contributed by atoms with Crippen LogP contribution in [-0.4, -0.2) is 29.2 Å². The van der Waals surface area contributed by atoms with Gasteiger partial charge in [0.25, 0.3) is 5.91 Å². The van der Waals surface area contributed by atoms with E-state index in [1.807, 2.05) is 0 Å². The van der Waals surface area contributed by atoms with Gasteiger partial charge >= 0.3 is 0 Å². The van der Waals surface area contributed by atoms with E-state index in [1.54, 1.807) is 18.7 Å². The molecule has 1 N–H and O–H groups in total. The van der Waals surface area contributed by atoms with Gasteiger partial charge in [0.1, 0.15) is 0 Å². The molecule has 0 aromatic carbocycles. The molecule has 0 saturated carbocycles. The molecule has 1 aromatic rings. The van der Waals surface area contributed by atoms with Gasteiger partial charge in [-0.1, -0.05) is 0 Å². The van der Waals surface area contributed by atoms with E-state index >= 15 is 0 Å². The normalized spacial score (nSPS) is 9.50. The van der Waals surface area contributed by atoms with Crippen LogP contribution in [0.1, 0.15) is 10.5 Å². The van der Waals surface area contributed by atoms with Crippen LogP contribution in [0.3, 0.4) is 0 Å². The number of nitrogens with zero attached hydrogens (tertiary/aromatic N) is 3. The fourth-order valence-electron chi connectivity index (χ4n) is 0.889. The molecule has 0 spiro atoms. The molecule has 0 aliphatic heterocycles. The summed E-state index contributed by atoms with van der Waals surface area (Å²) in [4.78, 5) is 18.7. The highest BCUT2D eigenvalue weighted by Gasteiger charge is 2.13. The Morgan fingerprint density at radius 1 is 1.83 bits per heavy atom. The molecular formula is C7H10N4O. The molecule has 0 aliphatic rings. The highest BCUT2D eigenvalue weighted by Crippen LogP contribution is 2.14. The van der Waals surface area contributed by atoms with Gasteiger partial charge in [-0.15, -0.1) is 0 Å². The highest BCUT2D eigenvalue weighted by atomic mass is 16.1. The van der Waals surface area contributed by atoms with Gasteiger partial charge in [0.2, 0.25) is 0 Å². The summed E-state index contributed by atoms with van der Waals surface area (Å²) in [5.74, 6) is 0.229. The molecule has 1 heterocycles. The average molecular weight is 166 g/mol. The van der Waals surface area contributed by atoms with Crippen LogP contribution in [0.4, 0.5) is 5.82 Å². The van der Waals surface area contributed by atoms with Crippen molar-refractivity contribution in [2.24, 2.45) is 12.0 Å². The van der Waals surface area contributed by atoms with E-state index < -0.39 is 0 Å². The topological polar surface area (TPSA) is 59.3 Å². The zero-order chi connectivity index (χ0) is 9.14. The molecule has 0 saturated heterocycles. The van der Waals surface area contributed by atoms with Crippen molar-refractivity contribution >= 4 is 18.4 Å². The van der Waals surface area contributed by atoms with E-state index in [9.17, 15) is 4.79 Å². The quantitative estimate of drug-likeness (QED) is 0.634. The molecule has 0 fully saturated rings. The third-order valence-corrected chi connectivity index (χ3v) is 1.50. The second-order valence-electron chi connectivity index (χ2n) is 2.26. The van der Waals surface area contributed by atoms with Crippen molar-refractivity contribution in [2.75, 3.05) is 7.05 Å².